The zero-order valence-corrected chi connectivity index (χ0v) is 17.6. The number of benzene rings is 2. The van der Waals surface area contributed by atoms with Crippen molar-refractivity contribution in [2.75, 3.05) is 39.3 Å². The van der Waals surface area contributed by atoms with Crippen LogP contribution in [-0.2, 0) is 4.79 Å². The minimum Gasteiger partial charge on any atom is -0.354 e. The fourth-order valence-corrected chi connectivity index (χ4v) is 4.34. The van der Waals surface area contributed by atoms with E-state index >= 15 is 0 Å². The number of para-hydroxylation sites is 1. The van der Waals surface area contributed by atoms with Gasteiger partial charge in [-0.3, -0.25) is 19.4 Å². The maximum Gasteiger partial charge on any atom is 0.234 e. The summed E-state index contributed by atoms with van der Waals surface area (Å²) in [7, 11) is 0. The molecule has 0 atom stereocenters. The zero-order valence-electron chi connectivity index (χ0n) is 17.6. The number of aromatic amines is 1. The van der Waals surface area contributed by atoms with Crippen LogP contribution in [0.15, 0.2) is 54.6 Å². The number of Topliss-reactive ketones (excluding diaryl/α,β-unsaturated/α-hetero) is 1. The van der Waals surface area contributed by atoms with Crippen LogP contribution in [0, 0.1) is 0 Å². The van der Waals surface area contributed by atoms with Crippen LogP contribution in [0.2, 0.25) is 0 Å². The fourth-order valence-electron chi connectivity index (χ4n) is 4.34. The van der Waals surface area contributed by atoms with E-state index in [0.717, 1.165) is 66.7 Å². The molecule has 2 heterocycles. The van der Waals surface area contributed by atoms with Gasteiger partial charge in [-0.2, -0.15) is 0 Å². The molecule has 0 spiro atoms. The first-order chi connectivity index (χ1) is 15.2. The summed E-state index contributed by atoms with van der Waals surface area (Å²) in [5.41, 5.74) is 3.67. The van der Waals surface area contributed by atoms with Crippen LogP contribution in [0.1, 0.15) is 23.2 Å². The number of rotatable bonds is 7. The number of carbonyl (C=O) groups excluding carboxylic acids is 2. The lowest BCUT2D eigenvalue weighted by Crippen LogP contribution is -2.50. The molecule has 31 heavy (non-hydrogen) atoms. The predicted molar refractivity (Wildman–Crippen MR) is 122 cm³/mol. The number of hydrogen-bond donors (Lipinski definition) is 2. The van der Waals surface area contributed by atoms with Crippen molar-refractivity contribution in [1.82, 2.24) is 20.1 Å². The summed E-state index contributed by atoms with van der Waals surface area (Å²) in [6.45, 7) is 4.06. The standard InChI is InChI=1S/C25H28N4O2/c30-22(16-28-12-14-29(15-13-28)17-23(31)26-19-10-11-19)24-20-8-4-5-9-21(20)27-25(24)18-6-2-1-3-7-18/h1-9,19,27H,10-17H2,(H,26,31). The Labute approximate surface area is 182 Å². The van der Waals surface area contributed by atoms with Gasteiger partial charge in [0.15, 0.2) is 5.78 Å². The molecule has 6 nitrogen and oxygen atoms in total. The summed E-state index contributed by atoms with van der Waals surface area (Å²) in [6, 6.07) is 18.4. The number of aromatic nitrogens is 1. The Kier molecular flexibility index (Phi) is 5.57. The third-order valence-electron chi connectivity index (χ3n) is 6.19. The van der Waals surface area contributed by atoms with E-state index in [1.807, 2.05) is 54.6 Å². The Bertz CT molecular complexity index is 1080. The minimum absolute atomic E-state index is 0.123. The highest BCUT2D eigenvalue weighted by molar-refractivity contribution is 6.14. The first-order valence-corrected chi connectivity index (χ1v) is 11.1. The second-order valence-electron chi connectivity index (χ2n) is 8.60. The van der Waals surface area contributed by atoms with Crippen LogP contribution in [-0.4, -0.2) is 71.8 Å². The van der Waals surface area contributed by atoms with E-state index in [4.69, 9.17) is 0 Å². The van der Waals surface area contributed by atoms with Gasteiger partial charge in [0.05, 0.1) is 24.3 Å². The van der Waals surface area contributed by atoms with Crippen molar-refractivity contribution >= 4 is 22.6 Å². The SMILES string of the molecule is O=C(CN1CCN(CC(=O)c2c(-c3ccccc3)[nH]c3ccccc23)CC1)NC1CC1. The quantitative estimate of drug-likeness (QED) is 0.581. The monoisotopic (exact) mass is 416 g/mol. The average molecular weight is 417 g/mol. The lowest BCUT2D eigenvalue weighted by atomic mass is 10.0. The molecule has 0 bridgehead atoms. The number of carbonyl (C=O) groups is 2. The molecule has 2 N–H and O–H groups in total. The Balaban J connectivity index is 1.27. The lowest BCUT2D eigenvalue weighted by Gasteiger charge is -2.33. The Morgan fingerprint density at radius 3 is 2.23 bits per heavy atom. The van der Waals surface area contributed by atoms with Crippen molar-refractivity contribution in [2.45, 2.75) is 18.9 Å². The van der Waals surface area contributed by atoms with E-state index in [0.29, 0.717) is 19.1 Å². The van der Waals surface area contributed by atoms with Gasteiger partial charge in [-0.05, 0) is 24.5 Å². The summed E-state index contributed by atoms with van der Waals surface area (Å²) in [6.07, 6.45) is 2.22. The van der Waals surface area contributed by atoms with Crippen LogP contribution >= 0.6 is 0 Å². The van der Waals surface area contributed by atoms with Gasteiger partial charge >= 0.3 is 0 Å². The molecule has 6 heteroatoms. The van der Waals surface area contributed by atoms with Crippen molar-refractivity contribution in [3.05, 3.63) is 60.2 Å². The van der Waals surface area contributed by atoms with E-state index < -0.39 is 0 Å². The molecular formula is C25H28N4O2. The molecular weight excluding hydrogens is 388 g/mol. The highest BCUT2D eigenvalue weighted by Crippen LogP contribution is 2.31. The maximum atomic E-state index is 13.4. The van der Waals surface area contributed by atoms with Gasteiger partial charge in [0, 0.05) is 43.1 Å². The number of hydrogen-bond acceptors (Lipinski definition) is 4. The molecule has 2 fully saturated rings. The molecule has 0 unspecified atom stereocenters. The molecule has 0 radical (unpaired) electrons. The number of amides is 1. The number of ketones is 1. The largest absolute Gasteiger partial charge is 0.354 e. The second-order valence-corrected chi connectivity index (χ2v) is 8.60. The average Bonchev–Trinajstić information content (AvgIpc) is 3.51. The Morgan fingerprint density at radius 1 is 0.871 bits per heavy atom. The van der Waals surface area contributed by atoms with Crippen molar-refractivity contribution in [3.8, 4) is 11.3 Å². The van der Waals surface area contributed by atoms with Crippen molar-refractivity contribution in [1.29, 1.82) is 0 Å². The molecule has 5 rings (SSSR count). The van der Waals surface area contributed by atoms with E-state index in [2.05, 4.69) is 20.1 Å². The summed E-state index contributed by atoms with van der Waals surface area (Å²) < 4.78 is 0. The lowest BCUT2D eigenvalue weighted by molar-refractivity contribution is -0.122. The highest BCUT2D eigenvalue weighted by Gasteiger charge is 2.27. The topological polar surface area (TPSA) is 68.4 Å². The van der Waals surface area contributed by atoms with Gasteiger partial charge in [-0.25, -0.2) is 0 Å². The summed E-state index contributed by atoms with van der Waals surface area (Å²) in [5.74, 6) is 0.259. The zero-order chi connectivity index (χ0) is 21.2. The van der Waals surface area contributed by atoms with E-state index in [-0.39, 0.29) is 11.7 Å². The molecule has 1 aliphatic heterocycles. The van der Waals surface area contributed by atoms with Gasteiger partial charge < -0.3 is 10.3 Å². The van der Waals surface area contributed by atoms with Gasteiger partial charge in [0.25, 0.3) is 0 Å². The number of nitrogens with one attached hydrogen (secondary N) is 2. The predicted octanol–water partition coefficient (Wildman–Crippen LogP) is 2.91. The van der Waals surface area contributed by atoms with Crippen LogP contribution in [0.3, 0.4) is 0 Å². The first-order valence-electron chi connectivity index (χ1n) is 11.1. The van der Waals surface area contributed by atoms with Crippen LogP contribution in [0.5, 0.6) is 0 Å². The van der Waals surface area contributed by atoms with Crippen molar-refractivity contribution < 1.29 is 9.59 Å². The molecule has 1 aliphatic carbocycles. The van der Waals surface area contributed by atoms with Crippen molar-refractivity contribution in [3.63, 3.8) is 0 Å². The molecule has 2 aromatic carbocycles. The van der Waals surface area contributed by atoms with Crippen LogP contribution < -0.4 is 5.32 Å². The number of H-pyrrole nitrogens is 1. The molecule has 1 aromatic heterocycles. The van der Waals surface area contributed by atoms with Crippen LogP contribution in [0.4, 0.5) is 0 Å². The Hall–Kier alpha value is -2.96. The van der Waals surface area contributed by atoms with Gasteiger partial charge in [0.2, 0.25) is 5.91 Å². The normalized spacial score (nSPS) is 17.7. The first kappa shape index (κ1) is 20.0. The summed E-state index contributed by atoms with van der Waals surface area (Å²) in [5, 5.41) is 4.02. The molecule has 2 aliphatic rings. The van der Waals surface area contributed by atoms with E-state index in [1.165, 1.54) is 0 Å². The third kappa shape index (κ3) is 4.55. The second kappa shape index (κ2) is 8.65. The van der Waals surface area contributed by atoms with Gasteiger partial charge in [-0.1, -0.05) is 48.5 Å². The molecule has 160 valence electrons. The Morgan fingerprint density at radius 2 is 1.52 bits per heavy atom. The summed E-state index contributed by atoms with van der Waals surface area (Å²) >= 11 is 0. The molecule has 1 amide bonds. The van der Waals surface area contributed by atoms with Crippen LogP contribution in [0.25, 0.3) is 22.2 Å². The van der Waals surface area contributed by atoms with E-state index in [9.17, 15) is 9.59 Å². The number of nitrogens with zero attached hydrogens (tertiary/aromatic N) is 2. The smallest absolute Gasteiger partial charge is 0.234 e. The fraction of sp³-hybridized carbons (Fsp3) is 0.360. The molecule has 1 saturated carbocycles. The number of fused-ring (bicyclic) bond motifs is 1. The third-order valence-corrected chi connectivity index (χ3v) is 6.19. The van der Waals surface area contributed by atoms with Gasteiger partial charge in [-0.15, -0.1) is 0 Å². The van der Waals surface area contributed by atoms with Crippen molar-refractivity contribution in [2.24, 2.45) is 0 Å². The number of piperazine rings is 1. The van der Waals surface area contributed by atoms with E-state index in [1.54, 1.807) is 0 Å². The minimum atomic E-state index is 0.123. The molecule has 1 saturated heterocycles. The molecule has 3 aromatic rings. The highest BCUT2D eigenvalue weighted by atomic mass is 16.2. The van der Waals surface area contributed by atoms with Gasteiger partial charge in [0.1, 0.15) is 0 Å². The maximum absolute atomic E-state index is 13.4. The summed E-state index contributed by atoms with van der Waals surface area (Å²) in [4.78, 5) is 33.3.